The van der Waals surface area contributed by atoms with Crippen molar-refractivity contribution in [2.45, 2.75) is 38.0 Å². The van der Waals surface area contributed by atoms with Gasteiger partial charge in [0.1, 0.15) is 0 Å². The summed E-state index contributed by atoms with van der Waals surface area (Å²) >= 11 is 0. The normalized spacial score (nSPS) is 53.2. The van der Waals surface area contributed by atoms with Gasteiger partial charge in [-0.05, 0) is 30.6 Å². The number of hydrogen-bond acceptors (Lipinski definition) is 3. The van der Waals surface area contributed by atoms with Crippen molar-refractivity contribution >= 4 is 10.1 Å². The van der Waals surface area contributed by atoms with Gasteiger partial charge in [0.2, 0.25) is 0 Å². The van der Waals surface area contributed by atoms with Gasteiger partial charge in [-0.25, -0.2) is 0 Å². The van der Waals surface area contributed by atoms with E-state index >= 15 is 0 Å². The van der Waals surface area contributed by atoms with Gasteiger partial charge in [0, 0.05) is 5.92 Å². The first kappa shape index (κ1) is 9.16. The van der Waals surface area contributed by atoms with Crippen LogP contribution in [0.25, 0.3) is 0 Å². The largest absolute Gasteiger partial charge is 0.270 e. The average molecular weight is 216 g/mol. The van der Waals surface area contributed by atoms with Gasteiger partial charge in [-0.1, -0.05) is 13.8 Å². The molecule has 0 spiro atoms. The molecule has 80 valence electrons. The van der Waals surface area contributed by atoms with Crippen LogP contribution >= 0.6 is 0 Å². The van der Waals surface area contributed by atoms with Gasteiger partial charge in [-0.3, -0.25) is 4.18 Å². The van der Waals surface area contributed by atoms with Crippen molar-refractivity contribution < 1.29 is 12.6 Å². The highest BCUT2D eigenvalue weighted by Gasteiger charge is 2.64. The summed E-state index contributed by atoms with van der Waals surface area (Å²) < 4.78 is 28.5. The maximum atomic E-state index is 11.6. The van der Waals surface area contributed by atoms with Gasteiger partial charge < -0.3 is 0 Å². The average Bonchev–Trinajstić information content (AvgIpc) is 2.61. The Morgan fingerprint density at radius 1 is 1.29 bits per heavy atom. The van der Waals surface area contributed by atoms with Crippen molar-refractivity contribution in [1.82, 2.24) is 0 Å². The van der Waals surface area contributed by atoms with Crippen LogP contribution in [-0.2, 0) is 14.3 Å². The summed E-state index contributed by atoms with van der Waals surface area (Å²) in [5.41, 5.74) is 0. The first-order valence-corrected chi connectivity index (χ1v) is 6.90. The van der Waals surface area contributed by atoms with Crippen molar-refractivity contribution in [3.8, 4) is 0 Å². The van der Waals surface area contributed by atoms with E-state index in [9.17, 15) is 8.42 Å². The van der Waals surface area contributed by atoms with Crippen LogP contribution in [-0.4, -0.2) is 19.8 Å². The molecule has 3 nitrogen and oxygen atoms in total. The summed E-state index contributed by atoms with van der Waals surface area (Å²) in [6, 6.07) is 0. The molecular weight excluding hydrogens is 200 g/mol. The molecule has 4 heteroatoms. The lowest BCUT2D eigenvalue weighted by Crippen LogP contribution is -2.32. The van der Waals surface area contributed by atoms with E-state index in [2.05, 4.69) is 13.8 Å². The van der Waals surface area contributed by atoms with E-state index in [-0.39, 0.29) is 11.4 Å². The van der Waals surface area contributed by atoms with Crippen LogP contribution in [0.15, 0.2) is 0 Å². The molecule has 3 aliphatic rings. The molecule has 0 aromatic rings. The highest BCUT2D eigenvalue weighted by atomic mass is 32.2. The van der Waals surface area contributed by atoms with Crippen LogP contribution in [0.5, 0.6) is 0 Å². The molecule has 5 unspecified atom stereocenters. The van der Waals surface area contributed by atoms with Crippen LogP contribution in [0.1, 0.15) is 26.7 Å². The van der Waals surface area contributed by atoms with Crippen molar-refractivity contribution in [1.29, 1.82) is 0 Å². The topological polar surface area (TPSA) is 43.4 Å². The Labute approximate surface area is 85.0 Å². The summed E-state index contributed by atoms with van der Waals surface area (Å²) in [7, 11) is -3.20. The van der Waals surface area contributed by atoms with Gasteiger partial charge in [0.15, 0.2) is 0 Å². The zero-order valence-corrected chi connectivity index (χ0v) is 9.33. The predicted octanol–water partition coefficient (Wildman–Crippen LogP) is 1.40. The lowest BCUT2D eigenvalue weighted by molar-refractivity contribution is 0.0979. The molecule has 5 atom stereocenters. The van der Waals surface area contributed by atoms with Gasteiger partial charge in [-0.2, -0.15) is 8.42 Å². The standard InChI is InChI=1S/C10H16O3S/c1-5(2)9-6-3-7-8(4-6)14(11,12)13-10(7)9/h5-10H,3-4H2,1-2H3. The smallest absolute Gasteiger partial charge is 0.266 e. The lowest BCUT2D eigenvalue weighted by Gasteiger charge is -2.28. The van der Waals surface area contributed by atoms with E-state index < -0.39 is 10.1 Å². The Kier molecular flexibility index (Phi) is 1.65. The fraction of sp³-hybridized carbons (Fsp3) is 1.00. The number of fused-ring (bicyclic) bond motifs is 1. The zero-order chi connectivity index (χ0) is 10.1. The molecule has 0 N–H and O–H groups in total. The van der Waals surface area contributed by atoms with Crippen molar-refractivity contribution in [3.63, 3.8) is 0 Å². The van der Waals surface area contributed by atoms with Gasteiger partial charge >= 0.3 is 0 Å². The summed E-state index contributed by atoms with van der Waals surface area (Å²) in [4.78, 5) is 0. The Bertz CT molecular complexity index is 360. The van der Waals surface area contributed by atoms with E-state index in [0.717, 1.165) is 12.8 Å². The summed E-state index contributed by atoms with van der Waals surface area (Å²) in [5.74, 6) is 1.95. The molecule has 3 fully saturated rings. The predicted molar refractivity (Wildman–Crippen MR) is 52.1 cm³/mol. The molecular formula is C10H16O3S. The Morgan fingerprint density at radius 2 is 2.00 bits per heavy atom. The first-order chi connectivity index (χ1) is 6.50. The molecule has 0 amide bonds. The molecule has 1 saturated heterocycles. The second kappa shape index (κ2) is 2.53. The van der Waals surface area contributed by atoms with E-state index in [1.807, 2.05) is 0 Å². The molecule has 14 heavy (non-hydrogen) atoms. The Morgan fingerprint density at radius 3 is 2.64 bits per heavy atom. The minimum atomic E-state index is -3.20. The van der Waals surface area contributed by atoms with E-state index in [1.54, 1.807) is 0 Å². The number of rotatable bonds is 1. The summed E-state index contributed by atoms with van der Waals surface area (Å²) in [5, 5.41) is -0.160. The van der Waals surface area contributed by atoms with Crippen LogP contribution in [0.2, 0.25) is 0 Å². The molecule has 2 saturated carbocycles. The second-order valence-corrected chi connectivity index (χ2v) is 7.09. The summed E-state index contributed by atoms with van der Waals surface area (Å²) in [6.07, 6.45) is 1.95. The summed E-state index contributed by atoms with van der Waals surface area (Å²) in [6.45, 7) is 4.35. The first-order valence-electron chi connectivity index (χ1n) is 5.43. The van der Waals surface area contributed by atoms with Crippen LogP contribution < -0.4 is 0 Å². The highest BCUT2D eigenvalue weighted by molar-refractivity contribution is 7.87. The molecule has 0 aromatic heterocycles. The Balaban J connectivity index is 2.01. The highest BCUT2D eigenvalue weighted by Crippen LogP contribution is 2.59. The van der Waals surface area contributed by atoms with Crippen LogP contribution in [0.3, 0.4) is 0 Å². The van der Waals surface area contributed by atoms with E-state index in [1.165, 1.54) is 0 Å². The molecule has 0 radical (unpaired) electrons. The second-order valence-electron chi connectivity index (χ2n) is 5.31. The van der Waals surface area contributed by atoms with Crippen molar-refractivity contribution in [3.05, 3.63) is 0 Å². The molecule has 3 rings (SSSR count). The monoisotopic (exact) mass is 216 g/mol. The molecule has 0 aromatic carbocycles. The number of hydrogen-bond donors (Lipinski definition) is 0. The van der Waals surface area contributed by atoms with Crippen LogP contribution in [0.4, 0.5) is 0 Å². The van der Waals surface area contributed by atoms with Crippen molar-refractivity contribution in [2.75, 3.05) is 0 Å². The molecule has 2 bridgehead atoms. The van der Waals surface area contributed by atoms with Gasteiger partial charge in [0.25, 0.3) is 10.1 Å². The molecule has 2 aliphatic carbocycles. The molecule has 1 aliphatic heterocycles. The van der Waals surface area contributed by atoms with E-state index in [0.29, 0.717) is 23.7 Å². The Hall–Kier alpha value is -0.0900. The minimum absolute atomic E-state index is 0.0174. The lowest BCUT2D eigenvalue weighted by atomic mass is 9.79. The SMILES string of the molecule is CC(C)C1C2CC3C1OS(=O)(=O)C3C2. The molecule has 1 heterocycles. The fourth-order valence-corrected chi connectivity index (χ4v) is 5.80. The zero-order valence-electron chi connectivity index (χ0n) is 8.51. The van der Waals surface area contributed by atoms with Gasteiger partial charge in [0.05, 0.1) is 11.4 Å². The van der Waals surface area contributed by atoms with Crippen LogP contribution in [0, 0.1) is 23.7 Å². The van der Waals surface area contributed by atoms with Crippen molar-refractivity contribution in [2.24, 2.45) is 23.7 Å². The quantitative estimate of drug-likeness (QED) is 0.622. The fourth-order valence-electron chi connectivity index (χ4n) is 3.90. The third kappa shape index (κ3) is 0.936. The minimum Gasteiger partial charge on any atom is -0.266 e. The van der Waals surface area contributed by atoms with E-state index in [4.69, 9.17) is 4.18 Å². The third-order valence-corrected chi connectivity index (χ3v) is 6.09. The maximum absolute atomic E-state index is 11.6. The van der Waals surface area contributed by atoms with Gasteiger partial charge in [-0.15, -0.1) is 0 Å². The maximum Gasteiger partial charge on any atom is 0.270 e. The third-order valence-electron chi connectivity index (χ3n) is 4.32.